The molecule has 164 valence electrons. The van der Waals surface area contributed by atoms with Crippen molar-refractivity contribution in [2.75, 3.05) is 5.75 Å². The lowest BCUT2D eigenvalue weighted by molar-refractivity contribution is -0.150. The predicted octanol–water partition coefficient (Wildman–Crippen LogP) is 2.43. The number of Topliss-reactive ketones (excluding diaryl/α,β-unsaturated/α-hetero) is 1. The van der Waals surface area contributed by atoms with Crippen LogP contribution < -0.4 is 5.32 Å². The number of amides is 2. The molecule has 2 heterocycles. The van der Waals surface area contributed by atoms with Gasteiger partial charge in [0.15, 0.2) is 5.78 Å². The molecule has 31 heavy (non-hydrogen) atoms. The maximum atomic E-state index is 13.0. The smallest absolute Gasteiger partial charge is 0.353 e. The Morgan fingerprint density at radius 3 is 2.45 bits per heavy atom. The Hall–Kier alpha value is -2.61. The number of nitrogens with one attached hydrogen (secondary N) is 1. The second-order valence-electron chi connectivity index (χ2n) is 8.45. The van der Waals surface area contributed by atoms with E-state index >= 15 is 0 Å². The van der Waals surface area contributed by atoms with Crippen LogP contribution in [0.5, 0.6) is 0 Å². The zero-order valence-electron chi connectivity index (χ0n) is 17.4. The minimum absolute atomic E-state index is 0.136. The van der Waals surface area contributed by atoms with Crippen molar-refractivity contribution in [2.45, 2.75) is 56.9 Å². The Morgan fingerprint density at radius 1 is 1.13 bits per heavy atom. The van der Waals surface area contributed by atoms with E-state index in [9.17, 15) is 24.3 Å². The normalized spacial score (nSPS) is 23.8. The van der Waals surface area contributed by atoms with Gasteiger partial charge in [0.1, 0.15) is 17.1 Å². The van der Waals surface area contributed by atoms with E-state index in [2.05, 4.69) is 5.32 Å². The number of rotatable bonds is 6. The van der Waals surface area contributed by atoms with Crippen molar-refractivity contribution in [1.82, 2.24) is 10.2 Å². The molecule has 0 radical (unpaired) electrons. The highest BCUT2D eigenvalue weighted by atomic mass is 32.2. The molecule has 7 nitrogen and oxygen atoms in total. The van der Waals surface area contributed by atoms with Crippen LogP contribution in [0.1, 0.15) is 43.2 Å². The Balaban J connectivity index is 1.46. The number of benzene rings is 1. The second-order valence-corrected chi connectivity index (χ2v) is 9.55. The number of carboxylic acids is 1. The molecule has 1 aromatic rings. The van der Waals surface area contributed by atoms with Crippen LogP contribution in [0.3, 0.4) is 0 Å². The van der Waals surface area contributed by atoms with Crippen LogP contribution in [0, 0.1) is 12.8 Å². The Bertz CT molecular complexity index is 949. The quantitative estimate of drug-likeness (QED) is 0.656. The van der Waals surface area contributed by atoms with Gasteiger partial charge in [-0.3, -0.25) is 19.3 Å². The summed E-state index contributed by atoms with van der Waals surface area (Å²) in [6, 6.07) is 6.81. The van der Waals surface area contributed by atoms with Crippen LogP contribution in [0.15, 0.2) is 35.5 Å². The van der Waals surface area contributed by atoms with Crippen LogP contribution in [0.2, 0.25) is 0 Å². The number of ketones is 1. The molecule has 0 aromatic heterocycles. The van der Waals surface area contributed by atoms with Gasteiger partial charge in [-0.2, -0.15) is 0 Å². The number of nitrogens with zero attached hydrogens (tertiary/aromatic N) is 1. The number of carbonyl (C=O) groups excluding carboxylic acids is 3. The van der Waals surface area contributed by atoms with Crippen LogP contribution >= 0.6 is 11.8 Å². The minimum atomic E-state index is -1.26. The van der Waals surface area contributed by atoms with Gasteiger partial charge in [0, 0.05) is 17.2 Å². The molecule has 1 aliphatic carbocycles. The van der Waals surface area contributed by atoms with E-state index in [4.69, 9.17) is 0 Å². The van der Waals surface area contributed by atoms with Crippen LogP contribution in [0.4, 0.5) is 0 Å². The fourth-order valence-electron chi connectivity index (χ4n) is 4.53. The number of hydrogen-bond donors (Lipinski definition) is 2. The van der Waals surface area contributed by atoms with E-state index in [1.165, 1.54) is 16.7 Å². The van der Waals surface area contributed by atoms with Crippen LogP contribution in [-0.2, 0) is 25.6 Å². The third kappa shape index (κ3) is 4.26. The number of carbonyl (C=O) groups is 4. The number of thioether (sulfide) groups is 1. The Kier molecular flexibility index (Phi) is 6.18. The standard InChI is InChI=1S/C23H26N2O5S/c1-13-7-9-14(10-8-13)11-17(26)24-18-21(28)25-19(23(29)30)16(12-31-22(18)25)20(27)15-5-3-2-4-6-15/h7-10,15,18,22H,2-6,11-12H2,1H3,(H,24,26)(H,29,30)/t18?,22-/m1/s1. The summed E-state index contributed by atoms with van der Waals surface area (Å²) in [5.41, 5.74) is 1.97. The SMILES string of the molecule is Cc1ccc(CC(=O)NC2C(=O)N3C(C(=O)O)=C(C(=O)C4CCCCC4)CS[C@H]23)cc1. The number of fused-ring (bicyclic) bond motifs is 1. The summed E-state index contributed by atoms with van der Waals surface area (Å²) >= 11 is 1.34. The first-order valence-corrected chi connectivity index (χ1v) is 11.7. The Morgan fingerprint density at radius 2 is 1.81 bits per heavy atom. The average molecular weight is 443 g/mol. The number of hydrogen-bond acceptors (Lipinski definition) is 5. The van der Waals surface area contributed by atoms with E-state index in [1.807, 2.05) is 31.2 Å². The highest BCUT2D eigenvalue weighted by Gasteiger charge is 2.55. The molecule has 4 rings (SSSR count). The van der Waals surface area contributed by atoms with Gasteiger partial charge >= 0.3 is 5.97 Å². The first-order valence-electron chi connectivity index (χ1n) is 10.7. The zero-order valence-corrected chi connectivity index (χ0v) is 18.2. The number of aryl methyl sites for hydroxylation is 1. The van der Waals surface area contributed by atoms with Gasteiger partial charge < -0.3 is 10.4 Å². The third-order valence-electron chi connectivity index (χ3n) is 6.25. The van der Waals surface area contributed by atoms with Crippen molar-refractivity contribution in [1.29, 1.82) is 0 Å². The maximum absolute atomic E-state index is 13.0. The van der Waals surface area contributed by atoms with Gasteiger partial charge in [-0.1, -0.05) is 49.1 Å². The van der Waals surface area contributed by atoms with E-state index in [0.29, 0.717) is 0 Å². The molecule has 2 N–H and O–H groups in total. The van der Waals surface area contributed by atoms with E-state index in [0.717, 1.165) is 43.2 Å². The number of carboxylic acid groups (broad SMARTS) is 1. The fraction of sp³-hybridized carbons (Fsp3) is 0.478. The molecule has 0 bridgehead atoms. The minimum Gasteiger partial charge on any atom is -0.477 e. The van der Waals surface area contributed by atoms with Gasteiger partial charge in [-0.15, -0.1) is 11.8 Å². The highest BCUT2D eigenvalue weighted by Crippen LogP contribution is 2.42. The highest BCUT2D eigenvalue weighted by molar-refractivity contribution is 8.00. The van der Waals surface area contributed by atoms with Gasteiger partial charge in [0.05, 0.1) is 6.42 Å². The van der Waals surface area contributed by atoms with Gasteiger partial charge in [-0.25, -0.2) is 4.79 Å². The fourth-order valence-corrected chi connectivity index (χ4v) is 5.89. The largest absolute Gasteiger partial charge is 0.477 e. The molecule has 1 saturated carbocycles. The third-order valence-corrected chi connectivity index (χ3v) is 7.53. The monoisotopic (exact) mass is 442 g/mol. The molecule has 8 heteroatoms. The van der Waals surface area contributed by atoms with Crippen molar-refractivity contribution in [2.24, 2.45) is 5.92 Å². The predicted molar refractivity (Wildman–Crippen MR) is 116 cm³/mol. The van der Waals surface area contributed by atoms with E-state index < -0.39 is 23.3 Å². The molecule has 1 aromatic carbocycles. The van der Waals surface area contributed by atoms with Crippen molar-refractivity contribution in [3.05, 3.63) is 46.7 Å². The molecule has 3 aliphatic rings. The van der Waals surface area contributed by atoms with Crippen molar-refractivity contribution in [3.63, 3.8) is 0 Å². The molecule has 2 amide bonds. The number of aliphatic carboxylic acids is 1. The van der Waals surface area contributed by atoms with Crippen molar-refractivity contribution < 1.29 is 24.3 Å². The van der Waals surface area contributed by atoms with E-state index in [-0.39, 0.29) is 41.1 Å². The number of β-lactam (4-membered cyclic amide) rings is 1. The Labute approximate surface area is 185 Å². The molecule has 2 fully saturated rings. The van der Waals surface area contributed by atoms with Gasteiger partial charge in [0.25, 0.3) is 5.91 Å². The topological polar surface area (TPSA) is 104 Å². The molecule has 0 spiro atoms. The van der Waals surface area contributed by atoms with Gasteiger partial charge in [0.2, 0.25) is 5.91 Å². The van der Waals surface area contributed by atoms with Crippen LogP contribution in [0.25, 0.3) is 0 Å². The first-order chi connectivity index (χ1) is 14.9. The summed E-state index contributed by atoms with van der Waals surface area (Å²) in [5.74, 6) is -2.06. The summed E-state index contributed by atoms with van der Waals surface area (Å²) in [4.78, 5) is 51.4. The first kappa shape index (κ1) is 21.6. The lowest BCUT2D eigenvalue weighted by atomic mass is 9.83. The molecule has 1 unspecified atom stereocenters. The zero-order chi connectivity index (χ0) is 22.1. The molecule has 1 saturated heterocycles. The second kappa shape index (κ2) is 8.86. The summed E-state index contributed by atoms with van der Waals surface area (Å²) in [7, 11) is 0. The molecule has 2 atom stereocenters. The lowest BCUT2D eigenvalue weighted by Gasteiger charge is -2.49. The maximum Gasteiger partial charge on any atom is 0.353 e. The average Bonchev–Trinajstić information content (AvgIpc) is 2.78. The molecular formula is C23H26N2O5S. The lowest BCUT2D eigenvalue weighted by Crippen LogP contribution is -2.70. The summed E-state index contributed by atoms with van der Waals surface area (Å²) in [6.07, 6.45) is 4.73. The molecular weight excluding hydrogens is 416 g/mol. The van der Waals surface area contributed by atoms with Gasteiger partial charge in [-0.05, 0) is 25.3 Å². The summed E-state index contributed by atoms with van der Waals surface area (Å²) in [5, 5.41) is 12.0. The molecule has 2 aliphatic heterocycles. The van der Waals surface area contributed by atoms with Crippen molar-refractivity contribution >= 4 is 35.3 Å². The van der Waals surface area contributed by atoms with Crippen LogP contribution in [-0.4, -0.2) is 50.7 Å². The summed E-state index contributed by atoms with van der Waals surface area (Å²) < 4.78 is 0. The van der Waals surface area contributed by atoms with E-state index in [1.54, 1.807) is 0 Å². The van der Waals surface area contributed by atoms with Crippen molar-refractivity contribution in [3.8, 4) is 0 Å². The summed E-state index contributed by atoms with van der Waals surface area (Å²) in [6.45, 7) is 1.96.